The van der Waals surface area contributed by atoms with Crippen molar-refractivity contribution in [3.63, 3.8) is 0 Å². The zero-order valence-electron chi connectivity index (χ0n) is 13.6. The van der Waals surface area contributed by atoms with E-state index in [4.69, 9.17) is 4.74 Å². The van der Waals surface area contributed by atoms with Crippen LogP contribution in [0.1, 0.15) is 39.3 Å². The Kier molecular flexibility index (Phi) is 6.68. The molecule has 0 bridgehead atoms. The van der Waals surface area contributed by atoms with Crippen molar-refractivity contribution < 1.29 is 13.2 Å². The molecular formula is C16H27NO3S. The van der Waals surface area contributed by atoms with Gasteiger partial charge in [-0.3, -0.25) is 0 Å². The predicted molar refractivity (Wildman–Crippen MR) is 87.5 cm³/mol. The fourth-order valence-corrected chi connectivity index (χ4v) is 3.15. The van der Waals surface area contributed by atoms with E-state index in [1.54, 1.807) is 0 Å². The minimum absolute atomic E-state index is 0.0770. The van der Waals surface area contributed by atoms with Crippen LogP contribution >= 0.6 is 0 Å². The molecule has 120 valence electrons. The van der Waals surface area contributed by atoms with Crippen LogP contribution in [0.25, 0.3) is 0 Å². The van der Waals surface area contributed by atoms with Crippen LogP contribution in [0, 0.1) is 5.92 Å². The first-order valence-corrected chi connectivity index (χ1v) is 9.40. The SMILES string of the molecule is CC(C)COc1ccc(C(C)NC(C)CS(C)(=O)=O)cc1. The average Bonchev–Trinajstić information content (AvgIpc) is 2.34. The van der Waals surface area contributed by atoms with Crippen LogP contribution in [0.3, 0.4) is 0 Å². The molecular weight excluding hydrogens is 286 g/mol. The lowest BCUT2D eigenvalue weighted by Gasteiger charge is -2.20. The lowest BCUT2D eigenvalue weighted by atomic mass is 10.1. The Balaban J connectivity index is 2.56. The van der Waals surface area contributed by atoms with Crippen molar-refractivity contribution in [1.29, 1.82) is 0 Å². The molecule has 21 heavy (non-hydrogen) atoms. The van der Waals surface area contributed by atoms with Crippen molar-refractivity contribution in [2.24, 2.45) is 5.92 Å². The maximum atomic E-state index is 11.3. The van der Waals surface area contributed by atoms with Crippen LogP contribution in [-0.4, -0.2) is 33.1 Å². The van der Waals surface area contributed by atoms with E-state index in [9.17, 15) is 8.42 Å². The molecule has 4 nitrogen and oxygen atoms in total. The van der Waals surface area contributed by atoms with Crippen LogP contribution in [0.4, 0.5) is 0 Å². The second kappa shape index (κ2) is 7.80. The predicted octanol–water partition coefficient (Wildman–Crippen LogP) is 2.81. The monoisotopic (exact) mass is 313 g/mol. The van der Waals surface area contributed by atoms with E-state index in [1.165, 1.54) is 6.26 Å². The van der Waals surface area contributed by atoms with Crippen molar-refractivity contribution in [2.45, 2.75) is 39.8 Å². The second-order valence-electron chi connectivity index (χ2n) is 6.16. The topological polar surface area (TPSA) is 55.4 Å². The zero-order chi connectivity index (χ0) is 16.0. The van der Waals surface area contributed by atoms with E-state index in [0.29, 0.717) is 12.5 Å². The Morgan fingerprint density at radius 2 is 1.67 bits per heavy atom. The largest absolute Gasteiger partial charge is 0.493 e. The molecule has 1 aromatic rings. The van der Waals surface area contributed by atoms with Gasteiger partial charge in [0.1, 0.15) is 15.6 Å². The Bertz CT molecular complexity index is 523. The van der Waals surface area contributed by atoms with Gasteiger partial charge in [0.05, 0.1) is 12.4 Å². The fourth-order valence-electron chi connectivity index (χ4n) is 2.14. The third-order valence-electron chi connectivity index (χ3n) is 3.05. The Morgan fingerprint density at radius 3 is 2.14 bits per heavy atom. The second-order valence-corrected chi connectivity index (χ2v) is 8.34. The molecule has 0 radical (unpaired) electrons. The van der Waals surface area contributed by atoms with Crippen molar-refractivity contribution >= 4 is 9.84 Å². The van der Waals surface area contributed by atoms with Gasteiger partial charge >= 0.3 is 0 Å². The molecule has 0 saturated carbocycles. The molecule has 0 aliphatic rings. The van der Waals surface area contributed by atoms with Gasteiger partial charge in [0.2, 0.25) is 0 Å². The summed E-state index contributed by atoms with van der Waals surface area (Å²) in [5.41, 5.74) is 1.12. The van der Waals surface area contributed by atoms with Crippen molar-refractivity contribution in [3.8, 4) is 5.75 Å². The number of benzene rings is 1. The number of hydrogen-bond donors (Lipinski definition) is 1. The van der Waals surface area contributed by atoms with E-state index < -0.39 is 9.84 Å². The Labute approximate surface area is 128 Å². The van der Waals surface area contributed by atoms with Crippen LogP contribution < -0.4 is 10.1 Å². The van der Waals surface area contributed by atoms with E-state index in [1.807, 2.05) is 38.1 Å². The highest BCUT2D eigenvalue weighted by Crippen LogP contribution is 2.18. The normalized spacial score (nSPS) is 15.0. The molecule has 0 aromatic heterocycles. The summed E-state index contributed by atoms with van der Waals surface area (Å²) in [5.74, 6) is 1.51. The molecule has 0 spiro atoms. The van der Waals surface area contributed by atoms with Gasteiger partial charge in [0.15, 0.2) is 0 Å². The van der Waals surface area contributed by atoms with Gasteiger partial charge in [0, 0.05) is 18.3 Å². The molecule has 0 aliphatic heterocycles. The molecule has 2 unspecified atom stereocenters. The van der Waals surface area contributed by atoms with Crippen LogP contribution in [-0.2, 0) is 9.84 Å². The number of rotatable bonds is 8. The maximum absolute atomic E-state index is 11.3. The van der Waals surface area contributed by atoms with Gasteiger partial charge in [-0.25, -0.2) is 8.42 Å². The molecule has 0 fully saturated rings. The standard InChI is InChI=1S/C16H27NO3S/c1-12(2)10-20-16-8-6-15(7-9-16)14(4)17-13(3)11-21(5,18)19/h6-9,12-14,17H,10-11H2,1-5H3. The van der Waals surface area contributed by atoms with Gasteiger partial charge < -0.3 is 10.1 Å². The Hall–Kier alpha value is -1.07. The van der Waals surface area contributed by atoms with Gasteiger partial charge in [-0.2, -0.15) is 0 Å². The van der Waals surface area contributed by atoms with Gasteiger partial charge in [0.25, 0.3) is 0 Å². The first kappa shape index (κ1) is 18.0. The van der Waals surface area contributed by atoms with Crippen molar-refractivity contribution in [2.75, 3.05) is 18.6 Å². The smallest absolute Gasteiger partial charge is 0.148 e. The summed E-state index contributed by atoms with van der Waals surface area (Å²) in [4.78, 5) is 0. The summed E-state index contributed by atoms with van der Waals surface area (Å²) in [7, 11) is -2.96. The lowest BCUT2D eigenvalue weighted by molar-refractivity contribution is 0.271. The summed E-state index contributed by atoms with van der Waals surface area (Å²) < 4.78 is 28.2. The summed E-state index contributed by atoms with van der Waals surface area (Å²) in [6.45, 7) is 8.85. The minimum atomic E-state index is -2.96. The van der Waals surface area contributed by atoms with E-state index in [0.717, 1.165) is 11.3 Å². The fraction of sp³-hybridized carbons (Fsp3) is 0.625. The highest BCUT2D eigenvalue weighted by Gasteiger charge is 2.14. The first-order valence-electron chi connectivity index (χ1n) is 7.34. The van der Waals surface area contributed by atoms with Crippen molar-refractivity contribution in [1.82, 2.24) is 5.32 Å². The van der Waals surface area contributed by atoms with Gasteiger partial charge in [-0.05, 0) is 37.5 Å². The summed E-state index contributed by atoms with van der Waals surface area (Å²) in [5, 5.41) is 3.30. The van der Waals surface area contributed by atoms with E-state index in [-0.39, 0.29) is 17.8 Å². The Morgan fingerprint density at radius 1 is 1.10 bits per heavy atom. The van der Waals surface area contributed by atoms with E-state index >= 15 is 0 Å². The van der Waals surface area contributed by atoms with Crippen LogP contribution in [0.2, 0.25) is 0 Å². The number of sulfone groups is 1. The van der Waals surface area contributed by atoms with Gasteiger partial charge in [-0.1, -0.05) is 26.0 Å². The van der Waals surface area contributed by atoms with Crippen molar-refractivity contribution in [3.05, 3.63) is 29.8 Å². The molecule has 2 atom stereocenters. The average molecular weight is 313 g/mol. The summed E-state index contributed by atoms with van der Waals surface area (Å²) >= 11 is 0. The zero-order valence-corrected chi connectivity index (χ0v) is 14.4. The number of hydrogen-bond acceptors (Lipinski definition) is 4. The summed E-state index contributed by atoms with van der Waals surface area (Å²) in [6, 6.07) is 7.96. The molecule has 1 aromatic carbocycles. The van der Waals surface area contributed by atoms with Gasteiger partial charge in [-0.15, -0.1) is 0 Å². The molecule has 1 N–H and O–H groups in total. The third kappa shape index (κ3) is 7.48. The molecule has 1 rings (SSSR count). The lowest BCUT2D eigenvalue weighted by Crippen LogP contribution is -2.34. The van der Waals surface area contributed by atoms with E-state index in [2.05, 4.69) is 19.2 Å². The molecule has 0 heterocycles. The first-order chi connectivity index (χ1) is 9.67. The third-order valence-corrected chi connectivity index (χ3v) is 4.16. The molecule has 5 heteroatoms. The summed E-state index contributed by atoms with van der Waals surface area (Å²) in [6.07, 6.45) is 1.26. The molecule has 0 amide bonds. The van der Waals surface area contributed by atoms with Crippen LogP contribution in [0.5, 0.6) is 5.75 Å². The highest BCUT2D eigenvalue weighted by molar-refractivity contribution is 7.90. The number of nitrogens with one attached hydrogen (secondary N) is 1. The molecule has 0 saturated heterocycles. The minimum Gasteiger partial charge on any atom is -0.493 e. The quantitative estimate of drug-likeness (QED) is 0.802. The number of ether oxygens (including phenoxy) is 1. The molecule has 0 aliphatic carbocycles. The maximum Gasteiger partial charge on any atom is 0.148 e. The van der Waals surface area contributed by atoms with Crippen LogP contribution in [0.15, 0.2) is 24.3 Å². The highest BCUT2D eigenvalue weighted by atomic mass is 32.2.